The predicted octanol–water partition coefficient (Wildman–Crippen LogP) is 2.93. The second-order valence-corrected chi connectivity index (χ2v) is 7.01. The molecule has 1 aliphatic heterocycles. The van der Waals surface area contributed by atoms with Crippen LogP contribution in [0.15, 0.2) is 43.0 Å². The Balaban J connectivity index is 1.18. The summed E-state index contributed by atoms with van der Waals surface area (Å²) in [6.07, 6.45) is 11.0. The molecule has 1 N–H and O–H groups in total. The van der Waals surface area contributed by atoms with Crippen LogP contribution >= 0.6 is 0 Å². The largest absolute Gasteiger partial charge is 0.490 e. The minimum absolute atomic E-state index is 0.509. The summed E-state index contributed by atoms with van der Waals surface area (Å²) >= 11 is 0. The minimum atomic E-state index is 0.509. The molecule has 2 aliphatic rings. The molecule has 0 unspecified atom stereocenters. The van der Waals surface area contributed by atoms with E-state index >= 15 is 0 Å². The van der Waals surface area contributed by atoms with Gasteiger partial charge in [-0.15, -0.1) is 0 Å². The molecule has 0 aromatic carbocycles. The third-order valence-corrected chi connectivity index (χ3v) is 5.09. The first-order chi connectivity index (χ1) is 12.4. The van der Waals surface area contributed by atoms with E-state index in [-0.39, 0.29) is 0 Å². The molecule has 5 heteroatoms. The smallest absolute Gasteiger partial charge is 0.137 e. The van der Waals surface area contributed by atoms with Gasteiger partial charge in [0.15, 0.2) is 0 Å². The van der Waals surface area contributed by atoms with Crippen molar-refractivity contribution in [1.29, 1.82) is 0 Å². The lowest BCUT2D eigenvalue weighted by molar-refractivity contribution is 0.114. The second kappa shape index (κ2) is 7.93. The maximum absolute atomic E-state index is 5.86. The van der Waals surface area contributed by atoms with Crippen molar-refractivity contribution in [3.63, 3.8) is 0 Å². The molecule has 1 saturated heterocycles. The van der Waals surface area contributed by atoms with Gasteiger partial charge in [-0.2, -0.15) is 0 Å². The van der Waals surface area contributed by atoms with Gasteiger partial charge in [0.05, 0.1) is 12.8 Å². The van der Waals surface area contributed by atoms with Crippen LogP contribution in [0.2, 0.25) is 0 Å². The van der Waals surface area contributed by atoms with Crippen LogP contribution in [0, 0.1) is 5.92 Å². The fourth-order valence-electron chi connectivity index (χ4n) is 3.29. The van der Waals surface area contributed by atoms with Crippen LogP contribution < -0.4 is 10.1 Å². The van der Waals surface area contributed by atoms with Gasteiger partial charge >= 0.3 is 0 Å². The van der Waals surface area contributed by atoms with Crippen LogP contribution in [-0.2, 0) is 11.3 Å². The second-order valence-electron chi connectivity index (χ2n) is 7.01. The van der Waals surface area contributed by atoms with E-state index in [2.05, 4.69) is 21.4 Å². The van der Waals surface area contributed by atoms with Crippen molar-refractivity contribution in [3.05, 3.63) is 54.1 Å². The first kappa shape index (κ1) is 16.5. The van der Waals surface area contributed by atoms with E-state index in [1.807, 2.05) is 30.7 Å². The molecule has 0 bridgehead atoms. The number of ether oxygens (including phenoxy) is 2. The van der Waals surface area contributed by atoms with Crippen molar-refractivity contribution in [2.24, 2.45) is 5.92 Å². The van der Waals surface area contributed by atoms with Gasteiger partial charge in [-0.3, -0.25) is 9.97 Å². The molecule has 25 heavy (non-hydrogen) atoms. The van der Waals surface area contributed by atoms with Gasteiger partial charge in [0.25, 0.3) is 0 Å². The summed E-state index contributed by atoms with van der Waals surface area (Å²) in [6.45, 7) is 3.29. The molecule has 0 radical (unpaired) electrons. The lowest BCUT2D eigenvalue weighted by Gasteiger charge is -2.27. The summed E-state index contributed by atoms with van der Waals surface area (Å²) < 4.78 is 11.6. The predicted molar refractivity (Wildman–Crippen MR) is 95.5 cm³/mol. The highest BCUT2D eigenvalue weighted by Crippen LogP contribution is 2.49. The number of hydrogen-bond acceptors (Lipinski definition) is 5. The molecular formula is C20H25N3O2. The standard InChI is InChI=1S/C20H25N3O2/c1-2-15(10-21-5-1)13-24-7-4-16-9-20(16)17-8-19(12-22-11-17)25-14-18-3-6-23-18/h1-2,5,8,10-12,16,18,20,23H,3-4,6-7,9,13-14H2/t16-,18-,20-/m0/s1. The van der Waals surface area contributed by atoms with E-state index in [1.165, 1.54) is 18.4 Å². The topological polar surface area (TPSA) is 56.3 Å². The number of pyridine rings is 2. The van der Waals surface area contributed by atoms with Crippen molar-refractivity contribution in [2.75, 3.05) is 19.8 Å². The Morgan fingerprint density at radius 1 is 1.20 bits per heavy atom. The highest BCUT2D eigenvalue weighted by Gasteiger charge is 2.38. The molecule has 0 spiro atoms. The quantitative estimate of drug-likeness (QED) is 0.712. The highest BCUT2D eigenvalue weighted by molar-refractivity contribution is 5.30. The third-order valence-electron chi connectivity index (χ3n) is 5.09. The van der Waals surface area contributed by atoms with Gasteiger partial charge in [0.1, 0.15) is 12.4 Å². The van der Waals surface area contributed by atoms with Crippen LogP contribution in [0.1, 0.15) is 36.3 Å². The average Bonchev–Trinajstić information content (AvgIpc) is 3.38. The molecule has 0 amide bonds. The number of nitrogens with zero attached hydrogens (tertiary/aromatic N) is 2. The van der Waals surface area contributed by atoms with E-state index in [4.69, 9.17) is 9.47 Å². The number of rotatable bonds is 9. The molecule has 5 nitrogen and oxygen atoms in total. The monoisotopic (exact) mass is 339 g/mol. The molecule has 1 saturated carbocycles. The fourth-order valence-corrected chi connectivity index (χ4v) is 3.29. The van der Waals surface area contributed by atoms with Crippen molar-refractivity contribution in [2.45, 2.75) is 37.8 Å². The van der Waals surface area contributed by atoms with Gasteiger partial charge < -0.3 is 14.8 Å². The Morgan fingerprint density at radius 3 is 2.96 bits per heavy atom. The van der Waals surface area contributed by atoms with E-state index in [1.54, 1.807) is 6.20 Å². The summed E-state index contributed by atoms with van der Waals surface area (Å²) in [5.74, 6) is 2.21. The molecular weight excluding hydrogens is 314 g/mol. The zero-order valence-corrected chi connectivity index (χ0v) is 14.4. The Labute approximate surface area is 148 Å². The Bertz CT molecular complexity index is 676. The van der Waals surface area contributed by atoms with Gasteiger partial charge in [0.2, 0.25) is 0 Å². The number of aromatic nitrogens is 2. The van der Waals surface area contributed by atoms with Crippen molar-refractivity contribution in [1.82, 2.24) is 15.3 Å². The molecule has 132 valence electrons. The first-order valence-electron chi connectivity index (χ1n) is 9.16. The lowest BCUT2D eigenvalue weighted by atomic mass is 10.1. The third kappa shape index (κ3) is 4.55. The summed E-state index contributed by atoms with van der Waals surface area (Å²) in [7, 11) is 0. The zero-order valence-electron chi connectivity index (χ0n) is 14.4. The van der Waals surface area contributed by atoms with Gasteiger partial charge in [-0.25, -0.2) is 0 Å². The lowest BCUT2D eigenvalue weighted by Crippen LogP contribution is -2.46. The molecule has 3 atom stereocenters. The molecule has 2 aromatic rings. The van der Waals surface area contributed by atoms with Crippen molar-refractivity contribution >= 4 is 0 Å². The Hall–Kier alpha value is -1.98. The normalized spacial score (nSPS) is 24.6. The van der Waals surface area contributed by atoms with Gasteiger partial charge in [-0.05, 0) is 60.9 Å². The van der Waals surface area contributed by atoms with Gasteiger partial charge in [-0.1, -0.05) is 6.07 Å². The average molecular weight is 339 g/mol. The van der Waals surface area contributed by atoms with Crippen LogP contribution in [-0.4, -0.2) is 35.8 Å². The summed E-state index contributed by atoms with van der Waals surface area (Å²) in [4.78, 5) is 8.46. The summed E-state index contributed by atoms with van der Waals surface area (Å²) in [5, 5.41) is 3.35. The zero-order chi connectivity index (χ0) is 16.9. The maximum atomic E-state index is 5.86. The molecule has 3 heterocycles. The maximum Gasteiger partial charge on any atom is 0.137 e. The van der Waals surface area contributed by atoms with Gasteiger partial charge in [0, 0.05) is 31.2 Å². The first-order valence-corrected chi connectivity index (χ1v) is 9.16. The van der Waals surface area contributed by atoms with E-state index in [0.29, 0.717) is 24.5 Å². The highest BCUT2D eigenvalue weighted by atomic mass is 16.5. The van der Waals surface area contributed by atoms with Crippen molar-refractivity contribution < 1.29 is 9.47 Å². The molecule has 2 fully saturated rings. The van der Waals surface area contributed by atoms with Crippen LogP contribution in [0.25, 0.3) is 0 Å². The number of nitrogens with one attached hydrogen (secondary N) is 1. The Kier molecular flexibility index (Phi) is 5.23. The van der Waals surface area contributed by atoms with Crippen LogP contribution in [0.5, 0.6) is 5.75 Å². The minimum Gasteiger partial charge on any atom is -0.490 e. The Morgan fingerprint density at radius 2 is 2.16 bits per heavy atom. The molecule has 1 aliphatic carbocycles. The fraction of sp³-hybridized carbons (Fsp3) is 0.500. The van der Waals surface area contributed by atoms with Crippen LogP contribution in [0.3, 0.4) is 0 Å². The van der Waals surface area contributed by atoms with E-state index in [9.17, 15) is 0 Å². The molecule has 4 rings (SSSR count). The van der Waals surface area contributed by atoms with E-state index < -0.39 is 0 Å². The van der Waals surface area contributed by atoms with E-state index in [0.717, 1.165) is 37.5 Å². The van der Waals surface area contributed by atoms with Crippen LogP contribution in [0.4, 0.5) is 0 Å². The number of hydrogen-bond donors (Lipinski definition) is 1. The summed E-state index contributed by atoms with van der Waals surface area (Å²) in [5.41, 5.74) is 2.43. The summed E-state index contributed by atoms with van der Waals surface area (Å²) in [6, 6.07) is 6.66. The van der Waals surface area contributed by atoms with Crippen molar-refractivity contribution in [3.8, 4) is 5.75 Å². The molecule has 2 aromatic heterocycles. The SMILES string of the molecule is c1cncc(COCC[C@H]2C[C@@H]2c2cncc(OC[C@@H]3CCN3)c2)c1.